The summed E-state index contributed by atoms with van der Waals surface area (Å²) < 4.78 is 17.6. The maximum absolute atomic E-state index is 12.9. The number of nitrogens with zero attached hydrogens (tertiary/aromatic N) is 1. The molecule has 4 rings (SSSR count). The number of carbonyl (C=O) groups is 1. The van der Waals surface area contributed by atoms with Crippen LogP contribution in [0.2, 0.25) is 0 Å². The maximum atomic E-state index is 12.9. The van der Waals surface area contributed by atoms with E-state index in [1.54, 1.807) is 7.11 Å². The molecule has 0 aliphatic carbocycles. The molecule has 0 N–H and O–H groups in total. The van der Waals surface area contributed by atoms with Crippen LogP contribution in [0, 0.1) is 16.0 Å². The summed E-state index contributed by atoms with van der Waals surface area (Å²) in [7, 11) is 1.61. The summed E-state index contributed by atoms with van der Waals surface area (Å²) in [6.07, 6.45) is -1.26. The molecule has 1 saturated heterocycles. The second-order valence-corrected chi connectivity index (χ2v) is 7.69. The largest absolute Gasteiger partial charge is 0.497 e. The smallest absolute Gasteiger partial charge is 0.338 e. The molecular formula is C25H23NO6. The highest BCUT2D eigenvalue weighted by molar-refractivity contribution is 5.89. The SMILES string of the molecule is COc1ccc([C@@H]2O[C@H](c3ccccc3)[C@@H](OC(=O)c3ccc([N+](=O)[O-])cc3)[C@H]2C)cc1. The molecule has 1 aliphatic rings. The Balaban J connectivity index is 1.60. The highest BCUT2D eigenvalue weighted by Crippen LogP contribution is 2.47. The fourth-order valence-electron chi connectivity index (χ4n) is 3.97. The van der Waals surface area contributed by atoms with Crippen LogP contribution in [0.5, 0.6) is 5.75 Å². The highest BCUT2D eigenvalue weighted by atomic mass is 16.6. The van der Waals surface area contributed by atoms with Gasteiger partial charge in [0, 0.05) is 18.1 Å². The van der Waals surface area contributed by atoms with Gasteiger partial charge in [-0.05, 0) is 35.4 Å². The van der Waals surface area contributed by atoms with Crippen LogP contribution in [-0.2, 0) is 9.47 Å². The van der Waals surface area contributed by atoms with Crippen LogP contribution in [0.1, 0.15) is 40.6 Å². The van der Waals surface area contributed by atoms with Crippen molar-refractivity contribution in [2.24, 2.45) is 5.92 Å². The predicted molar refractivity (Wildman–Crippen MR) is 117 cm³/mol. The summed E-state index contributed by atoms with van der Waals surface area (Å²) in [6.45, 7) is 1.99. The van der Waals surface area contributed by atoms with Crippen LogP contribution in [0.3, 0.4) is 0 Å². The molecule has 0 amide bonds. The summed E-state index contributed by atoms with van der Waals surface area (Å²) in [5, 5.41) is 10.9. The highest BCUT2D eigenvalue weighted by Gasteiger charge is 2.45. The van der Waals surface area contributed by atoms with Gasteiger partial charge in [-0.1, -0.05) is 49.4 Å². The first-order valence-corrected chi connectivity index (χ1v) is 10.3. The van der Waals surface area contributed by atoms with E-state index in [0.29, 0.717) is 0 Å². The minimum absolute atomic E-state index is 0.0825. The topological polar surface area (TPSA) is 87.9 Å². The van der Waals surface area contributed by atoms with Crippen LogP contribution in [-0.4, -0.2) is 24.1 Å². The Hall–Kier alpha value is -3.71. The molecule has 0 unspecified atom stereocenters. The molecule has 1 aliphatic heterocycles. The predicted octanol–water partition coefficient (Wildman–Crippen LogP) is 5.28. The zero-order valence-corrected chi connectivity index (χ0v) is 17.7. The first-order chi connectivity index (χ1) is 15.5. The third-order valence-electron chi connectivity index (χ3n) is 5.72. The van der Waals surface area contributed by atoms with E-state index in [-0.39, 0.29) is 23.3 Å². The van der Waals surface area contributed by atoms with Gasteiger partial charge in [0.05, 0.1) is 23.7 Å². The van der Waals surface area contributed by atoms with Gasteiger partial charge in [-0.15, -0.1) is 0 Å². The number of benzene rings is 3. The van der Waals surface area contributed by atoms with Crippen molar-refractivity contribution < 1.29 is 23.9 Å². The summed E-state index contributed by atoms with van der Waals surface area (Å²) in [5.74, 6) is 0.0763. The van der Waals surface area contributed by atoms with Crippen molar-refractivity contribution in [1.82, 2.24) is 0 Å². The van der Waals surface area contributed by atoms with E-state index in [9.17, 15) is 14.9 Å². The van der Waals surface area contributed by atoms with Gasteiger partial charge in [-0.3, -0.25) is 10.1 Å². The minimum Gasteiger partial charge on any atom is -0.497 e. The molecule has 7 nitrogen and oxygen atoms in total. The molecule has 0 saturated carbocycles. The van der Waals surface area contributed by atoms with Gasteiger partial charge in [0.25, 0.3) is 5.69 Å². The first kappa shape index (κ1) is 21.5. The minimum atomic E-state index is -0.545. The van der Waals surface area contributed by atoms with Gasteiger partial charge in [-0.2, -0.15) is 0 Å². The van der Waals surface area contributed by atoms with Gasteiger partial charge in [0.2, 0.25) is 0 Å². The fraction of sp³-hybridized carbons (Fsp3) is 0.240. The Morgan fingerprint density at radius 1 is 0.906 bits per heavy atom. The monoisotopic (exact) mass is 433 g/mol. The third kappa shape index (κ3) is 4.33. The van der Waals surface area contributed by atoms with Gasteiger partial charge in [-0.25, -0.2) is 4.79 Å². The Bertz CT molecular complexity index is 1080. The van der Waals surface area contributed by atoms with Crippen molar-refractivity contribution in [3.8, 4) is 5.75 Å². The standard InChI is InChI=1S/C25H23NO6/c1-16-22(18-10-14-21(30-2)15-11-18)31-24(17-6-4-3-5-7-17)23(16)32-25(27)19-8-12-20(13-9-19)26(28)29/h3-16,22-24H,1-2H3/t16-,22+,23-,24+/m0/s1. The number of rotatable bonds is 6. The number of non-ortho nitro benzene ring substituents is 1. The van der Waals surface area contributed by atoms with E-state index in [4.69, 9.17) is 14.2 Å². The Labute approximate surface area is 185 Å². The lowest BCUT2D eigenvalue weighted by Crippen LogP contribution is -2.27. The zero-order valence-electron chi connectivity index (χ0n) is 17.7. The van der Waals surface area contributed by atoms with E-state index in [2.05, 4.69) is 0 Å². The number of ether oxygens (including phenoxy) is 3. The normalized spacial score (nSPS) is 22.3. The van der Waals surface area contributed by atoms with Gasteiger partial charge in [0.1, 0.15) is 18.0 Å². The summed E-state index contributed by atoms with van der Waals surface area (Å²) in [6, 6.07) is 22.7. The van der Waals surface area contributed by atoms with Gasteiger partial charge >= 0.3 is 5.97 Å². The van der Waals surface area contributed by atoms with E-state index < -0.39 is 23.1 Å². The zero-order chi connectivity index (χ0) is 22.7. The van der Waals surface area contributed by atoms with Crippen LogP contribution < -0.4 is 4.74 Å². The number of nitro groups is 1. The molecule has 164 valence electrons. The molecule has 4 atom stereocenters. The molecular weight excluding hydrogens is 410 g/mol. The molecule has 1 fully saturated rings. The Morgan fingerprint density at radius 3 is 2.12 bits per heavy atom. The molecule has 3 aromatic carbocycles. The van der Waals surface area contributed by atoms with Crippen molar-refractivity contribution in [3.05, 3.63) is 106 Å². The third-order valence-corrected chi connectivity index (χ3v) is 5.72. The summed E-state index contributed by atoms with van der Waals surface area (Å²) >= 11 is 0. The van der Waals surface area contributed by atoms with Crippen LogP contribution in [0.4, 0.5) is 5.69 Å². The molecule has 32 heavy (non-hydrogen) atoms. The second-order valence-electron chi connectivity index (χ2n) is 7.69. The molecule has 1 heterocycles. The van der Waals surface area contributed by atoms with E-state index in [1.165, 1.54) is 24.3 Å². The molecule has 0 radical (unpaired) electrons. The second kappa shape index (κ2) is 9.20. The molecule has 0 bridgehead atoms. The average Bonchev–Trinajstić information content (AvgIpc) is 3.15. The van der Waals surface area contributed by atoms with Crippen molar-refractivity contribution in [1.29, 1.82) is 0 Å². The lowest BCUT2D eigenvalue weighted by molar-refractivity contribution is -0.384. The Kier molecular flexibility index (Phi) is 6.18. The van der Waals surface area contributed by atoms with Gasteiger partial charge in [0.15, 0.2) is 0 Å². The number of hydrogen-bond donors (Lipinski definition) is 0. The maximum Gasteiger partial charge on any atom is 0.338 e. The molecule has 3 aromatic rings. The number of methoxy groups -OCH3 is 1. The van der Waals surface area contributed by atoms with Gasteiger partial charge < -0.3 is 14.2 Å². The lowest BCUT2D eigenvalue weighted by Gasteiger charge is -2.22. The summed E-state index contributed by atoms with van der Waals surface area (Å²) in [5.41, 5.74) is 2.05. The van der Waals surface area contributed by atoms with E-state index in [0.717, 1.165) is 16.9 Å². The lowest BCUT2D eigenvalue weighted by atomic mass is 9.91. The van der Waals surface area contributed by atoms with Crippen LogP contribution >= 0.6 is 0 Å². The Morgan fingerprint density at radius 2 is 1.53 bits per heavy atom. The van der Waals surface area contributed by atoms with Crippen molar-refractivity contribution >= 4 is 11.7 Å². The fourth-order valence-corrected chi connectivity index (χ4v) is 3.97. The molecule has 0 aromatic heterocycles. The average molecular weight is 433 g/mol. The number of hydrogen-bond acceptors (Lipinski definition) is 6. The van der Waals surface area contributed by atoms with E-state index >= 15 is 0 Å². The number of carbonyl (C=O) groups excluding carboxylic acids is 1. The van der Waals surface area contributed by atoms with Crippen molar-refractivity contribution in [2.45, 2.75) is 25.2 Å². The number of esters is 1. The quantitative estimate of drug-likeness (QED) is 0.299. The number of nitro benzene ring substituents is 1. The van der Waals surface area contributed by atoms with Crippen LogP contribution in [0.25, 0.3) is 0 Å². The molecule has 7 heteroatoms. The van der Waals surface area contributed by atoms with Crippen molar-refractivity contribution in [3.63, 3.8) is 0 Å². The van der Waals surface area contributed by atoms with Crippen LogP contribution in [0.15, 0.2) is 78.9 Å². The van der Waals surface area contributed by atoms with E-state index in [1.807, 2.05) is 61.5 Å². The summed E-state index contributed by atoms with van der Waals surface area (Å²) in [4.78, 5) is 23.2. The molecule has 0 spiro atoms. The van der Waals surface area contributed by atoms with Crippen molar-refractivity contribution in [2.75, 3.05) is 7.11 Å². The first-order valence-electron chi connectivity index (χ1n) is 10.3.